The van der Waals surface area contributed by atoms with Crippen LogP contribution in [0.4, 0.5) is 0 Å². The fourth-order valence-electron chi connectivity index (χ4n) is 0.644. The molecule has 66 valence electrons. The van der Waals surface area contributed by atoms with E-state index in [2.05, 4.69) is 42.0 Å². The molecule has 2 heteroatoms. The lowest BCUT2D eigenvalue weighted by Gasteiger charge is -2.11. The van der Waals surface area contributed by atoms with Crippen molar-refractivity contribution in [2.45, 2.75) is 19.6 Å². The molecular weight excluding hydrogens is 188 g/mol. The standard InChI is InChI=1S/C11H14Si2/c1-7-13(8-2,9-3)11-10-12(4,5)6/h1-3,10-11H,4-6H3/b11-10+. The molecule has 0 nitrogen and oxygen atoms in total. The zero-order valence-electron chi connectivity index (χ0n) is 8.39. The largest absolute Gasteiger partial charge is 0.312 e. The Bertz CT molecular complexity index is 287. The van der Waals surface area contributed by atoms with Crippen LogP contribution in [0.25, 0.3) is 0 Å². The molecule has 0 aromatic carbocycles. The Balaban J connectivity index is 4.92. The van der Waals surface area contributed by atoms with Gasteiger partial charge in [-0.2, -0.15) is 0 Å². The third-order valence-corrected chi connectivity index (χ3v) is 5.05. The normalized spacial score (nSPS) is 11.7. The van der Waals surface area contributed by atoms with Gasteiger partial charge in [0.25, 0.3) is 0 Å². The van der Waals surface area contributed by atoms with Crippen molar-refractivity contribution in [3.63, 3.8) is 0 Å². The van der Waals surface area contributed by atoms with Gasteiger partial charge in [0.1, 0.15) is 0 Å². The van der Waals surface area contributed by atoms with Crippen LogP contribution < -0.4 is 0 Å². The van der Waals surface area contributed by atoms with E-state index >= 15 is 0 Å². The molecule has 0 spiro atoms. The third kappa shape index (κ3) is 3.86. The summed E-state index contributed by atoms with van der Waals surface area (Å²) < 4.78 is 0. The van der Waals surface area contributed by atoms with E-state index in [9.17, 15) is 0 Å². The molecule has 0 amide bonds. The molecule has 0 atom stereocenters. The molecule has 0 saturated heterocycles. The van der Waals surface area contributed by atoms with Gasteiger partial charge in [0.05, 0.1) is 8.07 Å². The maximum absolute atomic E-state index is 5.35. The predicted octanol–water partition coefficient (Wildman–Crippen LogP) is 1.93. The summed E-state index contributed by atoms with van der Waals surface area (Å²) in [6.45, 7) is 6.64. The van der Waals surface area contributed by atoms with Crippen LogP contribution in [0.1, 0.15) is 0 Å². The van der Waals surface area contributed by atoms with Crippen molar-refractivity contribution in [3.05, 3.63) is 11.4 Å². The second-order valence-corrected chi connectivity index (χ2v) is 11.8. The highest BCUT2D eigenvalue weighted by Crippen LogP contribution is 2.07. The van der Waals surface area contributed by atoms with E-state index in [-0.39, 0.29) is 0 Å². The zero-order valence-corrected chi connectivity index (χ0v) is 10.4. The fraction of sp³-hybridized carbons (Fsp3) is 0.273. The van der Waals surface area contributed by atoms with E-state index in [4.69, 9.17) is 19.3 Å². The molecule has 0 fully saturated rings. The lowest BCUT2D eigenvalue weighted by atomic mass is 11.2. The lowest BCUT2D eigenvalue weighted by molar-refractivity contribution is 1.77. The minimum Gasteiger partial charge on any atom is -0.124 e. The lowest BCUT2D eigenvalue weighted by Crippen LogP contribution is -2.29. The maximum atomic E-state index is 5.35. The van der Waals surface area contributed by atoms with E-state index in [1.807, 2.05) is 5.70 Å². The molecule has 0 bridgehead atoms. The minimum atomic E-state index is -2.39. The van der Waals surface area contributed by atoms with Crippen LogP contribution in [0.15, 0.2) is 11.4 Å². The number of hydrogen-bond acceptors (Lipinski definition) is 0. The molecule has 0 unspecified atom stereocenters. The van der Waals surface area contributed by atoms with Crippen LogP contribution in [-0.2, 0) is 0 Å². The SMILES string of the molecule is C#C[Si](C#C)(C#C)/C=C/[Si](C)(C)C. The van der Waals surface area contributed by atoms with Crippen LogP contribution in [0.3, 0.4) is 0 Å². The Morgan fingerprint density at radius 1 is 0.846 bits per heavy atom. The average molecular weight is 202 g/mol. The highest BCUT2D eigenvalue weighted by Gasteiger charge is 2.23. The quantitative estimate of drug-likeness (QED) is 0.474. The maximum Gasteiger partial charge on any atom is 0.312 e. The molecule has 0 saturated carbocycles. The Labute approximate surface area is 83.5 Å². The van der Waals surface area contributed by atoms with Crippen LogP contribution in [0.5, 0.6) is 0 Å². The van der Waals surface area contributed by atoms with Gasteiger partial charge in [0, 0.05) is 0 Å². The Kier molecular flexibility index (Phi) is 3.82. The van der Waals surface area contributed by atoms with E-state index in [1.165, 1.54) is 0 Å². The molecule has 0 heterocycles. The van der Waals surface area contributed by atoms with E-state index in [1.54, 1.807) is 0 Å². The van der Waals surface area contributed by atoms with Gasteiger partial charge >= 0.3 is 8.07 Å². The molecule has 0 aliphatic rings. The summed E-state index contributed by atoms with van der Waals surface area (Å²) in [5.41, 5.74) is 11.8. The van der Waals surface area contributed by atoms with Gasteiger partial charge in [0.15, 0.2) is 0 Å². The summed E-state index contributed by atoms with van der Waals surface area (Å²) in [6.07, 6.45) is 16.0. The monoisotopic (exact) mass is 202 g/mol. The summed E-state index contributed by atoms with van der Waals surface area (Å²) in [5, 5.41) is 0. The van der Waals surface area contributed by atoms with Crippen LogP contribution in [0, 0.1) is 35.9 Å². The molecular formula is C11H14Si2. The second-order valence-electron chi connectivity index (χ2n) is 3.94. The molecule has 0 radical (unpaired) electrons. The molecule has 0 aliphatic heterocycles. The van der Waals surface area contributed by atoms with Crippen LogP contribution in [-0.4, -0.2) is 16.1 Å². The summed E-state index contributed by atoms with van der Waals surface area (Å²) in [6, 6.07) is 0. The minimum absolute atomic E-state index is 1.25. The van der Waals surface area contributed by atoms with Gasteiger partial charge in [0.2, 0.25) is 0 Å². The zero-order chi connectivity index (χ0) is 10.5. The molecule has 0 aromatic heterocycles. The number of rotatable bonds is 2. The summed E-state index contributed by atoms with van der Waals surface area (Å²) >= 11 is 0. The topological polar surface area (TPSA) is 0 Å². The second kappa shape index (κ2) is 4.19. The van der Waals surface area contributed by atoms with Crippen molar-refractivity contribution < 1.29 is 0 Å². The van der Waals surface area contributed by atoms with E-state index in [0.717, 1.165) is 0 Å². The van der Waals surface area contributed by atoms with Crippen LogP contribution in [0.2, 0.25) is 19.6 Å². The third-order valence-electron chi connectivity index (χ3n) is 1.52. The van der Waals surface area contributed by atoms with Gasteiger partial charge in [-0.3, -0.25) is 0 Å². The van der Waals surface area contributed by atoms with E-state index in [0.29, 0.717) is 0 Å². The first-order valence-electron chi connectivity index (χ1n) is 4.03. The highest BCUT2D eigenvalue weighted by atomic mass is 28.3. The highest BCUT2D eigenvalue weighted by molar-refractivity contribution is 7.05. The van der Waals surface area contributed by atoms with Gasteiger partial charge in [-0.25, -0.2) is 0 Å². The van der Waals surface area contributed by atoms with Gasteiger partial charge < -0.3 is 0 Å². The van der Waals surface area contributed by atoms with Crippen molar-refractivity contribution in [1.29, 1.82) is 0 Å². The van der Waals surface area contributed by atoms with Crippen molar-refractivity contribution in [1.82, 2.24) is 0 Å². The fourth-order valence-corrected chi connectivity index (χ4v) is 4.18. The van der Waals surface area contributed by atoms with Crippen molar-refractivity contribution in [2.24, 2.45) is 0 Å². The number of hydrogen-bond donors (Lipinski definition) is 0. The van der Waals surface area contributed by atoms with Crippen LogP contribution >= 0.6 is 0 Å². The smallest absolute Gasteiger partial charge is 0.124 e. The molecule has 0 N–H and O–H groups in total. The Morgan fingerprint density at radius 2 is 1.23 bits per heavy atom. The Hall–Kier alpha value is -1.15. The molecule has 0 aliphatic carbocycles. The van der Waals surface area contributed by atoms with Gasteiger partial charge in [-0.05, 0) is 0 Å². The van der Waals surface area contributed by atoms with Gasteiger partial charge in [-0.15, -0.1) is 19.3 Å². The molecule has 0 aromatic rings. The number of terminal acetylenes is 3. The summed E-state index contributed by atoms with van der Waals surface area (Å²) in [5.74, 6) is 0. The van der Waals surface area contributed by atoms with Crippen molar-refractivity contribution in [2.75, 3.05) is 0 Å². The van der Waals surface area contributed by atoms with E-state index < -0.39 is 16.1 Å². The molecule has 0 rings (SSSR count). The van der Waals surface area contributed by atoms with Crippen molar-refractivity contribution in [3.8, 4) is 35.9 Å². The average Bonchev–Trinajstić information content (AvgIpc) is 2.06. The predicted molar refractivity (Wildman–Crippen MR) is 64.7 cm³/mol. The first kappa shape index (κ1) is 11.9. The molecule has 13 heavy (non-hydrogen) atoms. The summed E-state index contributed by atoms with van der Waals surface area (Å²) in [4.78, 5) is 0. The van der Waals surface area contributed by atoms with Crippen molar-refractivity contribution >= 4 is 16.1 Å². The van der Waals surface area contributed by atoms with Gasteiger partial charge in [-0.1, -0.05) is 47.7 Å². The first-order valence-corrected chi connectivity index (χ1v) is 9.68. The Morgan fingerprint density at radius 3 is 1.46 bits per heavy atom. The summed E-state index contributed by atoms with van der Waals surface area (Å²) in [7, 11) is -3.64. The first-order chi connectivity index (χ1) is 5.89.